The minimum absolute atomic E-state index is 0.0314. The van der Waals surface area contributed by atoms with Crippen molar-refractivity contribution in [1.82, 2.24) is 14.8 Å². The lowest BCUT2D eigenvalue weighted by Crippen LogP contribution is -2.49. The smallest absolute Gasteiger partial charge is 0.230 e. The van der Waals surface area contributed by atoms with E-state index in [0.717, 1.165) is 12.0 Å². The zero-order chi connectivity index (χ0) is 18.4. The van der Waals surface area contributed by atoms with Crippen LogP contribution in [0, 0.1) is 11.8 Å². The Labute approximate surface area is 157 Å². The molecule has 0 N–H and O–H groups in total. The van der Waals surface area contributed by atoms with Gasteiger partial charge >= 0.3 is 0 Å². The third-order valence-electron chi connectivity index (χ3n) is 6.21. The van der Waals surface area contributed by atoms with Crippen LogP contribution >= 0.6 is 0 Å². The highest BCUT2D eigenvalue weighted by Crippen LogP contribution is 2.52. The molecule has 0 aromatic carbocycles. The molecule has 3 fully saturated rings. The lowest BCUT2D eigenvalue weighted by molar-refractivity contribution is -0.146. The van der Waals surface area contributed by atoms with Gasteiger partial charge in [0.25, 0.3) is 0 Å². The van der Waals surface area contributed by atoms with Gasteiger partial charge in [0, 0.05) is 32.0 Å². The van der Waals surface area contributed by atoms with Gasteiger partial charge in [0.05, 0.1) is 37.7 Å². The maximum Gasteiger partial charge on any atom is 0.230 e. The molecule has 3 saturated heterocycles. The molecule has 7 nitrogen and oxygen atoms in total. The minimum atomic E-state index is -0.632. The number of likely N-dealkylation sites (tertiary alicyclic amines) is 1. The van der Waals surface area contributed by atoms with E-state index in [2.05, 4.69) is 4.98 Å². The van der Waals surface area contributed by atoms with Gasteiger partial charge < -0.3 is 19.3 Å². The molecule has 27 heavy (non-hydrogen) atoms. The number of hydrogen-bond acceptors (Lipinski definition) is 5. The molecule has 2 bridgehead atoms. The zero-order valence-corrected chi connectivity index (χ0v) is 15.1. The van der Waals surface area contributed by atoms with Gasteiger partial charge in [-0.15, -0.1) is 0 Å². The summed E-state index contributed by atoms with van der Waals surface area (Å²) in [5.41, 5.74) is 0.515. The van der Waals surface area contributed by atoms with Crippen molar-refractivity contribution < 1.29 is 19.1 Å². The van der Waals surface area contributed by atoms with Crippen LogP contribution in [0.2, 0.25) is 0 Å². The molecular weight excluding hydrogens is 346 g/mol. The number of morpholine rings is 1. The molecule has 0 unspecified atom stereocenters. The van der Waals surface area contributed by atoms with E-state index in [0.29, 0.717) is 39.4 Å². The van der Waals surface area contributed by atoms with Crippen LogP contribution in [0.4, 0.5) is 0 Å². The molecular formula is C20H23N3O4. The second kappa shape index (κ2) is 6.42. The number of carbonyl (C=O) groups is 2. The van der Waals surface area contributed by atoms with Gasteiger partial charge in [0.2, 0.25) is 11.8 Å². The summed E-state index contributed by atoms with van der Waals surface area (Å²) in [5, 5.41) is 0. The van der Waals surface area contributed by atoms with Gasteiger partial charge in [-0.25, -0.2) is 0 Å². The number of nitrogens with zero attached hydrogens (tertiary/aromatic N) is 3. The summed E-state index contributed by atoms with van der Waals surface area (Å²) >= 11 is 0. The zero-order valence-electron chi connectivity index (χ0n) is 15.1. The average molecular weight is 369 g/mol. The molecule has 5 heterocycles. The largest absolute Gasteiger partial charge is 0.378 e. The van der Waals surface area contributed by atoms with Crippen molar-refractivity contribution in [3.05, 3.63) is 42.2 Å². The Morgan fingerprint density at radius 3 is 2.81 bits per heavy atom. The van der Waals surface area contributed by atoms with Crippen LogP contribution < -0.4 is 0 Å². The molecule has 2 amide bonds. The van der Waals surface area contributed by atoms with Gasteiger partial charge in [0.1, 0.15) is 5.60 Å². The summed E-state index contributed by atoms with van der Waals surface area (Å²) in [6.07, 6.45) is 8.00. The number of carbonyl (C=O) groups excluding carboxylic acids is 2. The van der Waals surface area contributed by atoms with Crippen LogP contribution in [0.1, 0.15) is 5.56 Å². The monoisotopic (exact) mass is 369 g/mol. The first-order chi connectivity index (χ1) is 13.2. The lowest BCUT2D eigenvalue weighted by atomic mass is 9.76. The van der Waals surface area contributed by atoms with E-state index in [4.69, 9.17) is 9.47 Å². The van der Waals surface area contributed by atoms with E-state index in [1.165, 1.54) is 0 Å². The Morgan fingerprint density at radius 2 is 2.04 bits per heavy atom. The fraction of sp³-hybridized carbons (Fsp3) is 0.550. The molecule has 0 radical (unpaired) electrons. The third-order valence-corrected chi connectivity index (χ3v) is 6.21. The molecule has 5 rings (SSSR count). The summed E-state index contributed by atoms with van der Waals surface area (Å²) < 4.78 is 11.6. The molecule has 7 heteroatoms. The Bertz CT molecular complexity index is 777. The van der Waals surface area contributed by atoms with Crippen LogP contribution in [-0.2, 0) is 25.5 Å². The predicted molar refractivity (Wildman–Crippen MR) is 95.6 cm³/mol. The van der Waals surface area contributed by atoms with Gasteiger partial charge in [-0.05, 0) is 24.1 Å². The van der Waals surface area contributed by atoms with E-state index >= 15 is 0 Å². The predicted octanol–water partition coefficient (Wildman–Crippen LogP) is 0.265. The van der Waals surface area contributed by atoms with Crippen molar-refractivity contribution in [2.75, 3.05) is 39.4 Å². The van der Waals surface area contributed by atoms with E-state index in [-0.39, 0.29) is 17.9 Å². The second-order valence-electron chi connectivity index (χ2n) is 7.70. The number of hydrogen-bond donors (Lipinski definition) is 0. The van der Waals surface area contributed by atoms with Gasteiger partial charge in [-0.1, -0.05) is 12.2 Å². The Hall–Kier alpha value is -2.25. The first-order valence-corrected chi connectivity index (χ1v) is 9.59. The minimum Gasteiger partial charge on any atom is -0.378 e. The Kier molecular flexibility index (Phi) is 4.02. The molecule has 4 aliphatic heterocycles. The number of rotatable bonds is 4. The van der Waals surface area contributed by atoms with Gasteiger partial charge in [-0.2, -0.15) is 0 Å². The second-order valence-corrected chi connectivity index (χ2v) is 7.70. The average Bonchev–Trinajstić information content (AvgIpc) is 3.35. The van der Waals surface area contributed by atoms with Crippen molar-refractivity contribution >= 4 is 11.8 Å². The Balaban J connectivity index is 1.33. The fourth-order valence-corrected chi connectivity index (χ4v) is 4.86. The molecule has 1 spiro atoms. The highest BCUT2D eigenvalue weighted by atomic mass is 16.5. The van der Waals surface area contributed by atoms with E-state index in [1.54, 1.807) is 12.4 Å². The number of fused-ring (bicyclic) bond motifs is 1. The van der Waals surface area contributed by atoms with Crippen molar-refractivity contribution in [3.63, 3.8) is 0 Å². The quantitative estimate of drug-likeness (QED) is 0.713. The SMILES string of the molecule is O=C([C@@H]1[C@@H]2C=C[C@@]3(CN(CCc4ccncc4)C(=O)[C@H]13)O2)N1CCOCC1. The van der Waals surface area contributed by atoms with Gasteiger partial charge in [-0.3, -0.25) is 14.6 Å². The van der Waals surface area contributed by atoms with Crippen molar-refractivity contribution in [1.29, 1.82) is 0 Å². The highest BCUT2D eigenvalue weighted by Gasteiger charge is 2.67. The number of ether oxygens (including phenoxy) is 2. The third kappa shape index (κ3) is 2.68. The van der Waals surface area contributed by atoms with E-state index < -0.39 is 17.4 Å². The van der Waals surface area contributed by atoms with E-state index in [1.807, 2.05) is 34.1 Å². The van der Waals surface area contributed by atoms with Crippen molar-refractivity contribution in [2.24, 2.45) is 11.8 Å². The number of pyridine rings is 1. The molecule has 1 aromatic rings. The van der Waals surface area contributed by atoms with Crippen LogP contribution in [0.5, 0.6) is 0 Å². The normalized spacial score (nSPS) is 34.4. The first-order valence-electron chi connectivity index (χ1n) is 9.59. The fourth-order valence-electron chi connectivity index (χ4n) is 4.86. The molecule has 0 aliphatic carbocycles. The van der Waals surface area contributed by atoms with Crippen LogP contribution in [-0.4, -0.2) is 77.7 Å². The van der Waals surface area contributed by atoms with Crippen LogP contribution in [0.3, 0.4) is 0 Å². The summed E-state index contributed by atoms with van der Waals surface area (Å²) in [6, 6.07) is 3.93. The van der Waals surface area contributed by atoms with Crippen LogP contribution in [0.25, 0.3) is 0 Å². The molecule has 142 valence electrons. The summed E-state index contributed by atoms with van der Waals surface area (Å²) in [4.78, 5) is 34.0. The van der Waals surface area contributed by atoms with E-state index in [9.17, 15) is 9.59 Å². The van der Waals surface area contributed by atoms with Crippen molar-refractivity contribution in [3.8, 4) is 0 Å². The summed E-state index contributed by atoms with van der Waals surface area (Å²) in [5.74, 6) is -0.738. The van der Waals surface area contributed by atoms with Crippen molar-refractivity contribution in [2.45, 2.75) is 18.1 Å². The maximum atomic E-state index is 13.2. The molecule has 4 atom stereocenters. The first kappa shape index (κ1) is 16.9. The van der Waals surface area contributed by atoms with Gasteiger partial charge in [0.15, 0.2) is 0 Å². The summed E-state index contributed by atoms with van der Waals surface area (Å²) in [7, 11) is 0. The highest BCUT2D eigenvalue weighted by molar-refractivity contribution is 5.93. The number of amides is 2. The summed E-state index contributed by atoms with van der Waals surface area (Å²) in [6.45, 7) is 3.45. The number of aromatic nitrogens is 1. The lowest BCUT2D eigenvalue weighted by Gasteiger charge is -2.32. The molecule has 0 saturated carbocycles. The topological polar surface area (TPSA) is 72.0 Å². The van der Waals surface area contributed by atoms with Crippen LogP contribution in [0.15, 0.2) is 36.7 Å². The molecule has 1 aromatic heterocycles. The molecule has 4 aliphatic rings. The Morgan fingerprint density at radius 1 is 1.26 bits per heavy atom. The standard InChI is InChI=1S/C20H23N3O4/c24-18(22-9-11-26-12-10-22)16-15-1-5-20(27-15)13-23(19(25)17(16)20)8-4-14-2-6-21-7-3-14/h1-3,5-7,15-17H,4,8-13H2/t15-,16+,17-,20-/m0/s1. The maximum absolute atomic E-state index is 13.2.